The first-order chi connectivity index (χ1) is 14.0. The van der Waals surface area contributed by atoms with Crippen molar-refractivity contribution in [3.05, 3.63) is 41.9 Å². The standard InChI is InChI=1S/C20H26N6O3/c1-3-12-29-26(16-6-4-5-9-22-16)19(28)15-7-10-25(11-8-15)20-23-13-14(2)17(24-20)18(21)27/h4-6,9,13,15H,3,7-8,10-12H2,1-2H3,(H2,21,27). The van der Waals surface area contributed by atoms with Crippen LogP contribution < -0.4 is 15.7 Å². The first kappa shape index (κ1) is 20.7. The van der Waals surface area contributed by atoms with E-state index in [2.05, 4.69) is 15.0 Å². The van der Waals surface area contributed by atoms with Crippen molar-refractivity contribution >= 4 is 23.6 Å². The van der Waals surface area contributed by atoms with Crippen LogP contribution in [-0.4, -0.2) is 46.5 Å². The van der Waals surface area contributed by atoms with Crippen LogP contribution in [-0.2, 0) is 9.63 Å². The summed E-state index contributed by atoms with van der Waals surface area (Å²) in [6.45, 7) is 5.37. The molecule has 0 aromatic carbocycles. The number of rotatable bonds is 7. The molecule has 0 atom stereocenters. The smallest absolute Gasteiger partial charge is 0.267 e. The van der Waals surface area contributed by atoms with Crippen molar-refractivity contribution in [2.45, 2.75) is 33.1 Å². The second-order valence-corrected chi connectivity index (χ2v) is 6.98. The number of primary amides is 1. The Kier molecular flexibility index (Phi) is 6.71. The Morgan fingerprint density at radius 3 is 2.66 bits per heavy atom. The van der Waals surface area contributed by atoms with Crippen LogP contribution in [0.25, 0.3) is 0 Å². The molecule has 0 saturated carbocycles. The molecule has 9 heteroatoms. The van der Waals surface area contributed by atoms with Gasteiger partial charge >= 0.3 is 0 Å². The lowest BCUT2D eigenvalue weighted by Gasteiger charge is -2.33. The lowest BCUT2D eigenvalue weighted by molar-refractivity contribution is -0.130. The van der Waals surface area contributed by atoms with Gasteiger partial charge in [-0.05, 0) is 43.9 Å². The highest BCUT2D eigenvalue weighted by atomic mass is 16.7. The molecule has 3 rings (SSSR count). The van der Waals surface area contributed by atoms with E-state index in [4.69, 9.17) is 10.6 Å². The summed E-state index contributed by atoms with van der Waals surface area (Å²) in [4.78, 5) is 45.1. The van der Waals surface area contributed by atoms with E-state index < -0.39 is 5.91 Å². The largest absolute Gasteiger partial charge is 0.364 e. The predicted molar refractivity (Wildman–Crippen MR) is 108 cm³/mol. The minimum absolute atomic E-state index is 0.0977. The molecule has 9 nitrogen and oxygen atoms in total. The summed E-state index contributed by atoms with van der Waals surface area (Å²) >= 11 is 0. The van der Waals surface area contributed by atoms with Crippen molar-refractivity contribution in [2.75, 3.05) is 29.7 Å². The maximum absolute atomic E-state index is 13.1. The molecular formula is C20H26N6O3. The van der Waals surface area contributed by atoms with Gasteiger partial charge in [0.25, 0.3) is 11.8 Å². The van der Waals surface area contributed by atoms with Crippen LogP contribution in [0.15, 0.2) is 30.6 Å². The lowest BCUT2D eigenvalue weighted by Crippen LogP contribution is -2.43. The van der Waals surface area contributed by atoms with E-state index in [1.165, 1.54) is 5.06 Å². The Morgan fingerprint density at radius 2 is 2.03 bits per heavy atom. The third kappa shape index (κ3) is 4.86. The molecule has 0 spiro atoms. The van der Waals surface area contributed by atoms with E-state index >= 15 is 0 Å². The number of aromatic nitrogens is 3. The van der Waals surface area contributed by atoms with Crippen molar-refractivity contribution in [1.29, 1.82) is 0 Å². The predicted octanol–water partition coefficient (Wildman–Crippen LogP) is 1.87. The van der Waals surface area contributed by atoms with Crippen LogP contribution in [0, 0.1) is 12.8 Å². The van der Waals surface area contributed by atoms with Gasteiger partial charge in [-0.15, -0.1) is 0 Å². The van der Waals surface area contributed by atoms with Crippen molar-refractivity contribution in [3.63, 3.8) is 0 Å². The highest BCUT2D eigenvalue weighted by molar-refractivity contribution is 5.93. The van der Waals surface area contributed by atoms with Crippen molar-refractivity contribution in [2.24, 2.45) is 11.7 Å². The summed E-state index contributed by atoms with van der Waals surface area (Å²) in [5.74, 6) is 0.0846. The van der Waals surface area contributed by atoms with E-state index in [0.29, 0.717) is 49.9 Å². The maximum Gasteiger partial charge on any atom is 0.267 e. The summed E-state index contributed by atoms with van der Waals surface area (Å²) in [5, 5.41) is 1.32. The molecule has 29 heavy (non-hydrogen) atoms. The molecule has 3 heterocycles. The maximum atomic E-state index is 13.1. The number of anilines is 2. The molecule has 1 aliphatic heterocycles. The van der Waals surface area contributed by atoms with Gasteiger partial charge < -0.3 is 10.6 Å². The first-order valence-electron chi connectivity index (χ1n) is 9.77. The number of amides is 2. The SMILES string of the molecule is CCCON(C(=O)C1CCN(c2ncc(C)c(C(N)=O)n2)CC1)c1ccccn1. The second kappa shape index (κ2) is 9.42. The normalized spacial score (nSPS) is 14.6. The summed E-state index contributed by atoms with van der Waals surface area (Å²) in [6, 6.07) is 5.38. The van der Waals surface area contributed by atoms with Crippen LogP contribution in [0.2, 0.25) is 0 Å². The Bertz CT molecular complexity index is 853. The van der Waals surface area contributed by atoms with Crippen LogP contribution in [0.3, 0.4) is 0 Å². The number of carbonyl (C=O) groups is 2. The zero-order valence-electron chi connectivity index (χ0n) is 16.7. The van der Waals surface area contributed by atoms with Crippen LogP contribution in [0.5, 0.6) is 0 Å². The number of pyridine rings is 1. The Balaban J connectivity index is 1.68. The quantitative estimate of drug-likeness (QED) is 0.708. The number of nitrogens with zero attached hydrogens (tertiary/aromatic N) is 5. The summed E-state index contributed by atoms with van der Waals surface area (Å²) in [7, 11) is 0. The average molecular weight is 398 g/mol. The van der Waals surface area contributed by atoms with Gasteiger partial charge in [0.15, 0.2) is 5.82 Å². The summed E-state index contributed by atoms with van der Waals surface area (Å²) in [6.07, 6.45) is 5.28. The van der Waals surface area contributed by atoms with Crippen LogP contribution >= 0.6 is 0 Å². The highest BCUT2D eigenvalue weighted by Gasteiger charge is 2.31. The fourth-order valence-corrected chi connectivity index (χ4v) is 3.23. The van der Waals surface area contributed by atoms with Gasteiger partial charge in [-0.3, -0.25) is 14.4 Å². The molecule has 2 aromatic rings. The third-order valence-electron chi connectivity index (χ3n) is 4.80. The van der Waals surface area contributed by atoms with Crippen molar-refractivity contribution < 1.29 is 14.4 Å². The Morgan fingerprint density at radius 1 is 1.28 bits per heavy atom. The fraction of sp³-hybridized carbons (Fsp3) is 0.450. The second-order valence-electron chi connectivity index (χ2n) is 6.98. The molecule has 0 aliphatic carbocycles. The number of hydrogen-bond donors (Lipinski definition) is 1. The Hall–Kier alpha value is -3.07. The monoisotopic (exact) mass is 398 g/mol. The van der Waals surface area contributed by atoms with Crippen LogP contribution in [0.1, 0.15) is 42.2 Å². The zero-order valence-corrected chi connectivity index (χ0v) is 16.7. The molecule has 2 N–H and O–H groups in total. The van der Waals surface area contributed by atoms with Crippen molar-refractivity contribution in [1.82, 2.24) is 15.0 Å². The molecule has 2 aromatic heterocycles. The van der Waals surface area contributed by atoms with E-state index in [-0.39, 0.29) is 17.5 Å². The average Bonchev–Trinajstić information content (AvgIpc) is 2.75. The zero-order chi connectivity index (χ0) is 20.8. The number of nitrogens with two attached hydrogens (primary N) is 1. The van der Waals surface area contributed by atoms with E-state index in [9.17, 15) is 9.59 Å². The lowest BCUT2D eigenvalue weighted by atomic mass is 9.96. The highest BCUT2D eigenvalue weighted by Crippen LogP contribution is 2.25. The first-order valence-corrected chi connectivity index (χ1v) is 9.77. The molecule has 1 aliphatic rings. The molecule has 1 saturated heterocycles. The minimum Gasteiger partial charge on any atom is -0.364 e. The number of carbonyl (C=O) groups excluding carboxylic acids is 2. The summed E-state index contributed by atoms with van der Waals surface area (Å²) in [5.41, 5.74) is 6.25. The summed E-state index contributed by atoms with van der Waals surface area (Å²) < 4.78 is 0. The number of aryl methyl sites for hydroxylation is 1. The molecule has 154 valence electrons. The van der Waals surface area contributed by atoms with Gasteiger partial charge in [-0.1, -0.05) is 13.0 Å². The molecule has 0 radical (unpaired) electrons. The third-order valence-corrected chi connectivity index (χ3v) is 4.80. The molecule has 1 fully saturated rings. The fourth-order valence-electron chi connectivity index (χ4n) is 3.23. The van der Waals surface area contributed by atoms with E-state index in [1.807, 2.05) is 17.9 Å². The van der Waals surface area contributed by atoms with Gasteiger partial charge in [0.2, 0.25) is 5.95 Å². The number of hydrogen-bond acceptors (Lipinski definition) is 7. The number of hydroxylamine groups is 1. The topological polar surface area (TPSA) is 115 Å². The van der Waals surface area contributed by atoms with E-state index in [1.54, 1.807) is 31.5 Å². The van der Waals surface area contributed by atoms with Crippen molar-refractivity contribution in [3.8, 4) is 0 Å². The Labute approximate surface area is 169 Å². The van der Waals surface area contributed by atoms with Gasteiger partial charge in [0, 0.05) is 31.4 Å². The molecule has 0 bridgehead atoms. The molecular weight excluding hydrogens is 372 g/mol. The van der Waals surface area contributed by atoms with Gasteiger partial charge in [0.1, 0.15) is 5.69 Å². The molecule has 2 amide bonds. The van der Waals surface area contributed by atoms with E-state index in [0.717, 1.165) is 6.42 Å². The van der Waals surface area contributed by atoms with Gasteiger partial charge in [0.05, 0.1) is 6.61 Å². The number of piperidine rings is 1. The molecule has 0 unspecified atom stereocenters. The van der Waals surface area contributed by atoms with Gasteiger partial charge in [-0.25, -0.2) is 15.0 Å². The van der Waals surface area contributed by atoms with Crippen LogP contribution in [0.4, 0.5) is 11.8 Å². The van der Waals surface area contributed by atoms with Gasteiger partial charge in [-0.2, -0.15) is 5.06 Å². The minimum atomic E-state index is -0.574.